The van der Waals surface area contributed by atoms with Crippen molar-refractivity contribution in [2.75, 3.05) is 13.6 Å². The number of guanidine groups is 1. The summed E-state index contributed by atoms with van der Waals surface area (Å²) < 4.78 is 11.2. The van der Waals surface area contributed by atoms with Crippen LogP contribution in [0, 0.1) is 0 Å². The summed E-state index contributed by atoms with van der Waals surface area (Å²) in [5.41, 5.74) is 0.736. The lowest BCUT2D eigenvalue weighted by Gasteiger charge is -2.23. The van der Waals surface area contributed by atoms with Crippen molar-refractivity contribution in [3.63, 3.8) is 0 Å². The number of amides is 1. The number of aliphatic imine (C=N–C) groups is 1. The smallest absolute Gasteiger partial charge is 0.239 e. The number of ether oxygens (including phenoxy) is 1. The average molecular weight is 500 g/mol. The summed E-state index contributed by atoms with van der Waals surface area (Å²) in [7, 11) is 1.66. The second kappa shape index (κ2) is 11.6. The lowest BCUT2D eigenvalue weighted by atomic mass is 10.1. The molecule has 0 fully saturated rings. The van der Waals surface area contributed by atoms with E-state index in [2.05, 4.69) is 20.9 Å². The highest BCUT2D eigenvalue weighted by molar-refractivity contribution is 14.0. The van der Waals surface area contributed by atoms with E-state index in [0.717, 1.165) is 11.3 Å². The molecule has 0 aliphatic carbocycles. The summed E-state index contributed by atoms with van der Waals surface area (Å²) in [4.78, 5) is 16.1. The fraction of sp³-hybridized carbons (Fsp3) is 0.400. The summed E-state index contributed by atoms with van der Waals surface area (Å²) in [6, 6.07) is 11.4. The minimum absolute atomic E-state index is 0. The molecule has 2 rings (SSSR count). The van der Waals surface area contributed by atoms with Gasteiger partial charge in [-0.2, -0.15) is 0 Å². The van der Waals surface area contributed by atoms with Crippen LogP contribution in [0.4, 0.5) is 0 Å². The molecule has 0 unspecified atom stereocenters. The third kappa shape index (κ3) is 8.64. The maximum Gasteiger partial charge on any atom is 0.239 e. The largest absolute Gasteiger partial charge is 0.488 e. The van der Waals surface area contributed by atoms with Crippen LogP contribution in [0.3, 0.4) is 0 Å². The van der Waals surface area contributed by atoms with Crippen LogP contribution in [0.25, 0.3) is 0 Å². The molecule has 0 saturated heterocycles. The number of carbonyl (C=O) groups excluding carboxylic acids is 1. The van der Waals surface area contributed by atoms with Crippen molar-refractivity contribution in [3.05, 3.63) is 54.0 Å². The number of halogens is 1. The van der Waals surface area contributed by atoms with E-state index in [9.17, 15) is 4.79 Å². The van der Waals surface area contributed by atoms with Crippen LogP contribution in [-0.2, 0) is 17.9 Å². The lowest BCUT2D eigenvalue weighted by Crippen LogP contribution is -2.42. The van der Waals surface area contributed by atoms with Gasteiger partial charge in [0, 0.05) is 19.2 Å². The number of para-hydroxylation sites is 1. The summed E-state index contributed by atoms with van der Waals surface area (Å²) in [5, 5.41) is 8.97. The molecule has 0 radical (unpaired) electrons. The molecule has 0 spiro atoms. The highest BCUT2D eigenvalue weighted by Crippen LogP contribution is 2.22. The van der Waals surface area contributed by atoms with Crippen molar-refractivity contribution in [2.45, 2.75) is 39.5 Å². The Hall–Kier alpha value is -2.23. The van der Waals surface area contributed by atoms with Crippen LogP contribution in [0.15, 0.2) is 52.1 Å². The molecular formula is C20H29IN4O3. The highest BCUT2D eigenvalue weighted by Gasteiger charge is 2.14. The van der Waals surface area contributed by atoms with Crippen LogP contribution in [0.1, 0.15) is 32.1 Å². The number of hydrogen-bond donors (Lipinski definition) is 3. The summed E-state index contributed by atoms with van der Waals surface area (Å²) in [5.74, 6) is 1.92. The fourth-order valence-electron chi connectivity index (χ4n) is 2.30. The van der Waals surface area contributed by atoms with E-state index in [0.29, 0.717) is 24.8 Å². The molecule has 0 saturated carbocycles. The number of rotatable bonds is 7. The Labute approximate surface area is 183 Å². The summed E-state index contributed by atoms with van der Waals surface area (Å²) >= 11 is 0. The number of benzene rings is 1. The number of hydrogen-bond acceptors (Lipinski definition) is 4. The fourth-order valence-corrected chi connectivity index (χ4v) is 2.30. The molecule has 8 heteroatoms. The molecule has 0 bridgehead atoms. The quantitative estimate of drug-likeness (QED) is 0.309. The van der Waals surface area contributed by atoms with Gasteiger partial charge in [-0.25, -0.2) is 0 Å². The normalized spacial score (nSPS) is 11.4. The molecule has 0 aliphatic rings. The Balaban J connectivity index is 0.00000392. The van der Waals surface area contributed by atoms with E-state index >= 15 is 0 Å². The van der Waals surface area contributed by atoms with Gasteiger partial charge in [0.2, 0.25) is 5.91 Å². The topological polar surface area (TPSA) is 87.9 Å². The first-order valence-electron chi connectivity index (χ1n) is 8.88. The lowest BCUT2D eigenvalue weighted by molar-refractivity contribution is -0.120. The van der Waals surface area contributed by atoms with E-state index < -0.39 is 0 Å². The van der Waals surface area contributed by atoms with Gasteiger partial charge in [0.05, 0.1) is 19.4 Å². The molecule has 154 valence electrons. The van der Waals surface area contributed by atoms with Crippen molar-refractivity contribution in [1.29, 1.82) is 0 Å². The van der Waals surface area contributed by atoms with Gasteiger partial charge in [-0.1, -0.05) is 18.2 Å². The second-order valence-corrected chi connectivity index (χ2v) is 6.96. The number of nitrogens with one attached hydrogen (secondary N) is 3. The van der Waals surface area contributed by atoms with Gasteiger partial charge < -0.3 is 25.1 Å². The molecule has 0 atom stereocenters. The molecule has 2 aromatic rings. The Kier molecular flexibility index (Phi) is 9.84. The van der Waals surface area contributed by atoms with E-state index in [1.165, 1.54) is 0 Å². The minimum atomic E-state index is -0.276. The zero-order chi connectivity index (χ0) is 19.7. The van der Waals surface area contributed by atoms with Crippen molar-refractivity contribution in [1.82, 2.24) is 16.0 Å². The van der Waals surface area contributed by atoms with Gasteiger partial charge in [-0.15, -0.1) is 24.0 Å². The maximum atomic E-state index is 11.9. The maximum absolute atomic E-state index is 11.9. The van der Waals surface area contributed by atoms with Crippen LogP contribution >= 0.6 is 24.0 Å². The molecule has 1 aromatic heterocycles. The zero-order valence-corrected chi connectivity index (χ0v) is 19.1. The molecule has 7 nitrogen and oxygen atoms in total. The van der Waals surface area contributed by atoms with Gasteiger partial charge in [0.25, 0.3) is 0 Å². The number of furan rings is 1. The first kappa shape index (κ1) is 23.8. The van der Waals surface area contributed by atoms with Crippen LogP contribution < -0.4 is 20.7 Å². The molecule has 3 N–H and O–H groups in total. The summed E-state index contributed by atoms with van der Waals surface area (Å²) in [6.07, 6.45) is 1.58. The molecule has 1 heterocycles. The molecular weight excluding hydrogens is 471 g/mol. The van der Waals surface area contributed by atoms with E-state index in [-0.39, 0.29) is 42.0 Å². The van der Waals surface area contributed by atoms with Crippen molar-refractivity contribution < 1.29 is 13.9 Å². The Morgan fingerprint density at radius 2 is 1.82 bits per heavy atom. The molecule has 1 amide bonds. The van der Waals surface area contributed by atoms with Crippen molar-refractivity contribution >= 4 is 35.8 Å². The number of nitrogens with zero attached hydrogens (tertiary/aromatic N) is 1. The summed E-state index contributed by atoms with van der Waals surface area (Å²) in [6.45, 7) is 7.04. The van der Waals surface area contributed by atoms with Crippen LogP contribution in [0.5, 0.6) is 5.75 Å². The third-order valence-electron chi connectivity index (χ3n) is 3.51. The zero-order valence-electron chi connectivity index (χ0n) is 16.7. The van der Waals surface area contributed by atoms with Gasteiger partial charge in [-0.3, -0.25) is 9.79 Å². The second-order valence-electron chi connectivity index (χ2n) is 6.96. The molecule has 28 heavy (non-hydrogen) atoms. The van der Waals surface area contributed by atoms with Crippen LogP contribution in [-0.4, -0.2) is 31.1 Å². The van der Waals surface area contributed by atoms with Crippen LogP contribution in [0.2, 0.25) is 0 Å². The van der Waals surface area contributed by atoms with Gasteiger partial charge >= 0.3 is 0 Å². The third-order valence-corrected chi connectivity index (χ3v) is 3.51. The van der Waals surface area contributed by atoms with Gasteiger partial charge in [0.15, 0.2) is 5.96 Å². The van der Waals surface area contributed by atoms with Crippen molar-refractivity contribution in [3.8, 4) is 5.75 Å². The first-order chi connectivity index (χ1) is 12.9. The van der Waals surface area contributed by atoms with E-state index in [1.54, 1.807) is 19.4 Å². The molecule has 0 aliphatic heterocycles. The molecule has 1 aromatic carbocycles. The van der Waals surface area contributed by atoms with Gasteiger partial charge in [-0.05, 0) is 39.0 Å². The Morgan fingerprint density at radius 1 is 1.07 bits per heavy atom. The minimum Gasteiger partial charge on any atom is -0.488 e. The first-order valence-corrected chi connectivity index (χ1v) is 8.88. The number of carbonyl (C=O) groups is 1. The Morgan fingerprint density at radius 3 is 2.46 bits per heavy atom. The monoisotopic (exact) mass is 500 g/mol. The highest BCUT2D eigenvalue weighted by atomic mass is 127. The predicted octanol–water partition coefficient (Wildman–Crippen LogP) is 3.06. The SMILES string of the molecule is CN=C(NCC(=O)NCc1ccco1)NCc1ccccc1OC(C)(C)C.I. The average Bonchev–Trinajstić information content (AvgIpc) is 3.13. The van der Waals surface area contributed by atoms with E-state index in [1.807, 2.05) is 51.1 Å². The Bertz CT molecular complexity index is 755. The standard InChI is InChI=1S/C20H28N4O3.HI/c1-20(2,3)27-17-10-6-5-8-15(17)12-23-19(21-4)24-14-18(25)22-13-16-9-7-11-26-16;/h5-11H,12-14H2,1-4H3,(H,22,25)(H2,21,23,24);1H. The van der Waals surface area contributed by atoms with Crippen molar-refractivity contribution in [2.24, 2.45) is 4.99 Å². The van der Waals surface area contributed by atoms with Gasteiger partial charge in [0.1, 0.15) is 17.1 Å². The van der Waals surface area contributed by atoms with E-state index in [4.69, 9.17) is 9.15 Å². The predicted molar refractivity (Wildman–Crippen MR) is 121 cm³/mol.